The van der Waals surface area contributed by atoms with Crippen molar-refractivity contribution in [2.45, 2.75) is 31.7 Å². The molecule has 142 valence electrons. The van der Waals surface area contributed by atoms with Crippen LogP contribution in [0, 0.1) is 11.7 Å². The van der Waals surface area contributed by atoms with Crippen molar-refractivity contribution in [3.05, 3.63) is 53.4 Å². The van der Waals surface area contributed by atoms with Gasteiger partial charge in [-0.05, 0) is 37.1 Å². The third-order valence-electron chi connectivity index (χ3n) is 4.69. The summed E-state index contributed by atoms with van der Waals surface area (Å²) in [4.78, 5) is 5.63. The quantitative estimate of drug-likeness (QED) is 0.821. The molecule has 3 rings (SSSR count). The molecule has 0 radical (unpaired) electrons. The number of hydrogen-bond acceptors (Lipinski definition) is 3. The van der Waals surface area contributed by atoms with Gasteiger partial charge in [0.1, 0.15) is 11.6 Å². The molecule has 4 nitrogen and oxygen atoms in total. The lowest BCUT2D eigenvalue weighted by Crippen LogP contribution is -2.33. The number of aliphatic hydroxyl groups excluding tert-OH is 1. The normalized spacial score (nSPS) is 18.8. The predicted octanol–water partition coefficient (Wildman–Crippen LogP) is 3.27. The molecule has 8 heteroatoms. The molecule has 1 aromatic heterocycles. The van der Waals surface area contributed by atoms with E-state index in [0.717, 1.165) is 12.6 Å². The van der Waals surface area contributed by atoms with Crippen LogP contribution in [0.2, 0.25) is 0 Å². The predicted molar refractivity (Wildman–Crippen MR) is 87.9 cm³/mol. The number of rotatable bonds is 5. The molecule has 0 fully saturated rings. The molecule has 0 amide bonds. The van der Waals surface area contributed by atoms with Crippen LogP contribution >= 0.6 is 0 Å². The van der Waals surface area contributed by atoms with Gasteiger partial charge >= 0.3 is 6.18 Å². The Morgan fingerprint density at radius 3 is 2.65 bits per heavy atom. The monoisotopic (exact) mass is 371 g/mol. The van der Waals surface area contributed by atoms with Crippen LogP contribution in [-0.4, -0.2) is 39.7 Å². The first-order chi connectivity index (χ1) is 12.2. The lowest BCUT2D eigenvalue weighted by Gasteiger charge is -2.29. The van der Waals surface area contributed by atoms with Gasteiger partial charge in [0.05, 0.1) is 6.10 Å². The molecule has 0 spiro atoms. The number of aromatic nitrogens is 2. The summed E-state index contributed by atoms with van der Waals surface area (Å²) in [6.07, 6.45) is -2.82. The molecule has 0 bridgehead atoms. The highest BCUT2D eigenvalue weighted by Gasteiger charge is 2.35. The van der Waals surface area contributed by atoms with Gasteiger partial charge in [0.2, 0.25) is 0 Å². The molecule has 2 aromatic rings. The fourth-order valence-corrected chi connectivity index (χ4v) is 3.40. The van der Waals surface area contributed by atoms with Gasteiger partial charge < -0.3 is 14.6 Å². The molecular formula is C18H21F4N3O. The number of halogens is 4. The largest absolute Gasteiger partial charge is 0.434 e. The van der Waals surface area contributed by atoms with Crippen LogP contribution in [0.25, 0.3) is 0 Å². The Balaban J connectivity index is 1.56. The Morgan fingerprint density at radius 1 is 1.31 bits per heavy atom. The van der Waals surface area contributed by atoms with Gasteiger partial charge in [-0.1, -0.05) is 12.1 Å². The highest BCUT2D eigenvalue weighted by molar-refractivity contribution is 5.18. The molecule has 1 aromatic carbocycles. The molecule has 2 atom stereocenters. The summed E-state index contributed by atoms with van der Waals surface area (Å²) in [6.45, 7) is 1.50. The van der Waals surface area contributed by atoms with E-state index in [1.54, 1.807) is 16.7 Å². The summed E-state index contributed by atoms with van der Waals surface area (Å²) in [5.74, 6) is 0.302. The van der Waals surface area contributed by atoms with Crippen molar-refractivity contribution >= 4 is 0 Å². The van der Waals surface area contributed by atoms with Crippen molar-refractivity contribution in [2.75, 3.05) is 20.1 Å². The van der Waals surface area contributed by atoms with Gasteiger partial charge in [0.25, 0.3) is 0 Å². The molecule has 2 unspecified atom stereocenters. The fraction of sp³-hybridized carbons (Fsp3) is 0.500. The average Bonchev–Trinajstić information content (AvgIpc) is 2.99. The first kappa shape index (κ1) is 18.8. The Hall–Kier alpha value is -1.93. The van der Waals surface area contributed by atoms with E-state index in [1.165, 1.54) is 12.1 Å². The number of alkyl halides is 3. The fourth-order valence-electron chi connectivity index (χ4n) is 3.40. The Labute approximate surface area is 149 Å². The van der Waals surface area contributed by atoms with Crippen LogP contribution in [0.15, 0.2) is 30.5 Å². The molecule has 1 aliphatic rings. The van der Waals surface area contributed by atoms with Gasteiger partial charge in [-0.25, -0.2) is 9.37 Å². The highest BCUT2D eigenvalue weighted by atomic mass is 19.4. The van der Waals surface area contributed by atoms with Crippen molar-refractivity contribution < 1.29 is 22.7 Å². The zero-order valence-corrected chi connectivity index (χ0v) is 14.4. The molecule has 26 heavy (non-hydrogen) atoms. The van der Waals surface area contributed by atoms with E-state index < -0.39 is 18.0 Å². The van der Waals surface area contributed by atoms with Crippen molar-refractivity contribution in [3.8, 4) is 0 Å². The third-order valence-corrected chi connectivity index (χ3v) is 4.69. The maximum atomic E-state index is 12.9. The van der Waals surface area contributed by atoms with Crippen LogP contribution in [0.1, 0.15) is 29.6 Å². The topological polar surface area (TPSA) is 41.3 Å². The molecular weight excluding hydrogens is 350 g/mol. The lowest BCUT2D eigenvalue weighted by molar-refractivity contribution is -0.141. The summed E-state index contributed by atoms with van der Waals surface area (Å²) in [7, 11) is 1.86. The second kappa shape index (κ2) is 7.36. The van der Waals surface area contributed by atoms with E-state index in [-0.39, 0.29) is 11.7 Å². The van der Waals surface area contributed by atoms with Crippen molar-refractivity contribution in [1.82, 2.24) is 14.5 Å². The van der Waals surface area contributed by atoms with Crippen LogP contribution in [0.5, 0.6) is 0 Å². The summed E-state index contributed by atoms with van der Waals surface area (Å²) in [6, 6.07) is 5.70. The molecule has 0 aliphatic carbocycles. The van der Waals surface area contributed by atoms with E-state index in [4.69, 9.17) is 0 Å². The second-order valence-corrected chi connectivity index (χ2v) is 6.89. The number of likely N-dealkylation sites (N-methyl/N-ethyl adjacent to an activating group) is 1. The molecule has 2 heterocycles. The smallest absolute Gasteiger partial charge is 0.387 e. The third kappa shape index (κ3) is 4.42. The molecule has 0 saturated heterocycles. The van der Waals surface area contributed by atoms with Crippen molar-refractivity contribution in [1.29, 1.82) is 0 Å². The highest BCUT2D eigenvalue weighted by Crippen LogP contribution is 2.31. The van der Waals surface area contributed by atoms with Crippen molar-refractivity contribution in [3.63, 3.8) is 0 Å². The van der Waals surface area contributed by atoms with Crippen LogP contribution in [0.4, 0.5) is 17.6 Å². The van der Waals surface area contributed by atoms with Gasteiger partial charge in [0, 0.05) is 32.3 Å². The minimum Gasteiger partial charge on any atom is -0.387 e. The molecule has 1 aliphatic heterocycles. The number of hydrogen-bond donors (Lipinski definition) is 1. The summed E-state index contributed by atoms with van der Waals surface area (Å²) < 4.78 is 52.9. The number of imidazole rings is 1. The first-order valence-corrected chi connectivity index (χ1v) is 8.47. The standard InChI is InChI=1S/C18H21F4N3O/c1-24(10-15(26)13-3-5-14(19)6-4-13)8-12-2-7-17-23-16(18(20,21)22)11-25(17)9-12/h3-6,11-12,15,26H,2,7-10H2,1H3. The lowest BCUT2D eigenvalue weighted by atomic mass is 9.98. The van der Waals surface area contributed by atoms with E-state index in [2.05, 4.69) is 4.98 Å². The van der Waals surface area contributed by atoms with E-state index in [0.29, 0.717) is 37.4 Å². The number of aliphatic hydroxyl groups is 1. The Bertz CT molecular complexity index is 742. The SMILES string of the molecule is CN(CC1CCc2nc(C(F)(F)F)cn2C1)CC(O)c1ccc(F)cc1. The van der Waals surface area contributed by atoms with Gasteiger partial charge in [-0.2, -0.15) is 13.2 Å². The zero-order chi connectivity index (χ0) is 18.9. The van der Waals surface area contributed by atoms with E-state index in [9.17, 15) is 22.7 Å². The molecule has 1 N–H and O–H groups in total. The minimum absolute atomic E-state index is 0.184. The summed E-state index contributed by atoms with van der Waals surface area (Å²) in [5, 5.41) is 10.3. The number of benzene rings is 1. The minimum atomic E-state index is -4.42. The Morgan fingerprint density at radius 2 is 2.00 bits per heavy atom. The first-order valence-electron chi connectivity index (χ1n) is 8.47. The maximum absolute atomic E-state index is 12.9. The van der Waals surface area contributed by atoms with E-state index >= 15 is 0 Å². The average molecular weight is 371 g/mol. The van der Waals surface area contributed by atoms with E-state index in [1.807, 2.05) is 11.9 Å². The number of nitrogens with zero attached hydrogens (tertiary/aromatic N) is 3. The van der Waals surface area contributed by atoms with Crippen LogP contribution in [-0.2, 0) is 19.1 Å². The Kier molecular flexibility index (Phi) is 5.34. The zero-order valence-electron chi connectivity index (χ0n) is 14.4. The second-order valence-electron chi connectivity index (χ2n) is 6.89. The summed E-state index contributed by atoms with van der Waals surface area (Å²) >= 11 is 0. The van der Waals surface area contributed by atoms with Crippen LogP contribution in [0.3, 0.4) is 0 Å². The van der Waals surface area contributed by atoms with Crippen LogP contribution < -0.4 is 0 Å². The van der Waals surface area contributed by atoms with Gasteiger partial charge in [0.15, 0.2) is 5.69 Å². The van der Waals surface area contributed by atoms with Crippen molar-refractivity contribution in [2.24, 2.45) is 5.92 Å². The number of fused-ring (bicyclic) bond motifs is 1. The maximum Gasteiger partial charge on any atom is 0.434 e. The number of aryl methyl sites for hydroxylation is 1. The summed E-state index contributed by atoms with van der Waals surface area (Å²) in [5.41, 5.74) is -0.207. The van der Waals surface area contributed by atoms with Gasteiger partial charge in [-0.15, -0.1) is 0 Å². The van der Waals surface area contributed by atoms with Gasteiger partial charge in [-0.3, -0.25) is 0 Å². The molecule has 0 saturated carbocycles.